The predicted molar refractivity (Wildman–Crippen MR) is 108 cm³/mol. The molecule has 2 aliphatic heterocycles. The quantitative estimate of drug-likeness (QED) is 0.731. The van der Waals surface area contributed by atoms with E-state index in [0.29, 0.717) is 73.8 Å². The fourth-order valence-corrected chi connectivity index (χ4v) is 3.98. The van der Waals surface area contributed by atoms with Crippen LogP contribution >= 0.6 is 11.6 Å². The summed E-state index contributed by atoms with van der Waals surface area (Å²) in [6.45, 7) is 2.57. The highest BCUT2D eigenvalue weighted by Gasteiger charge is 2.31. The average Bonchev–Trinajstić information content (AvgIpc) is 3.01. The second-order valence-electron chi connectivity index (χ2n) is 7.18. The number of aromatic nitrogens is 3. The largest absolute Gasteiger partial charge is 0.490 e. The van der Waals surface area contributed by atoms with E-state index in [-0.39, 0.29) is 11.8 Å². The molecule has 30 heavy (non-hydrogen) atoms. The lowest BCUT2D eigenvalue weighted by molar-refractivity contribution is -0.137. The zero-order valence-corrected chi connectivity index (χ0v) is 17.3. The number of fused-ring (bicyclic) bond motifs is 1. The zero-order chi connectivity index (χ0) is 21.1. The predicted octanol–water partition coefficient (Wildman–Crippen LogP) is 2.04. The number of hydrogen-bond donors (Lipinski definition) is 0. The molecule has 0 spiro atoms. The molecule has 4 rings (SSSR count). The molecule has 2 aromatic heterocycles. The fourth-order valence-electron chi connectivity index (χ4n) is 3.81. The van der Waals surface area contributed by atoms with Gasteiger partial charge in [0.05, 0.1) is 26.4 Å². The van der Waals surface area contributed by atoms with Crippen molar-refractivity contribution in [2.75, 3.05) is 38.3 Å². The first-order valence-electron chi connectivity index (χ1n) is 9.70. The maximum Gasteiger partial charge on any atom is 0.237 e. The molecule has 1 amide bonds. The maximum absolute atomic E-state index is 13.2. The third kappa shape index (κ3) is 3.96. The number of rotatable bonds is 3. The van der Waals surface area contributed by atoms with E-state index < -0.39 is 0 Å². The first-order valence-corrected chi connectivity index (χ1v) is 10.1. The lowest BCUT2D eigenvalue weighted by Crippen LogP contribution is -2.43. The van der Waals surface area contributed by atoms with Gasteiger partial charge in [-0.25, -0.2) is 4.98 Å². The number of ether oxygens (including phenoxy) is 2. The fraction of sp³-hybridized carbons (Fsp3) is 0.450. The van der Waals surface area contributed by atoms with Gasteiger partial charge in [-0.05, 0) is 12.8 Å². The summed E-state index contributed by atoms with van der Waals surface area (Å²) < 4.78 is 10.9. The molecule has 0 bridgehead atoms. The van der Waals surface area contributed by atoms with Gasteiger partial charge >= 0.3 is 0 Å². The van der Waals surface area contributed by atoms with Crippen molar-refractivity contribution >= 4 is 23.5 Å². The highest BCUT2D eigenvalue weighted by atomic mass is 35.5. The summed E-state index contributed by atoms with van der Waals surface area (Å²) in [6.07, 6.45) is 6.08. The molecule has 0 aromatic carbocycles. The van der Waals surface area contributed by atoms with Crippen molar-refractivity contribution in [1.82, 2.24) is 19.9 Å². The Morgan fingerprint density at radius 2 is 2.10 bits per heavy atom. The number of methoxy groups -OCH3 is 1. The van der Waals surface area contributed by atoms with E-state index in [2.05, 4.69) is 21.0 Å². The molecule has 10 heteroatoms. The second-order valence-corrected chi connectivity index (χ2v) is 7.59. The summed E-state index contributed by atoms with van der Waals surface area (Å²) in [5.41, 5.74) is 1.16. The minimum absolute atomic E-state index is 0.0795. The van der Waals surface area contributed by atoms with E-state index in [9.17, 15) is 10.1 Å². The van der Waals surface area contributed by atoms with E-state index in [1.807, 2.05) is 4.90 Å². The molecule has 0 N–H and O–H groups in total. The van der Waals surface area contributed by atoms with Crippen LogP contribution in [0, 0.1) is 17.2 Å². The second kappa shape index (κ2) is 8.71. The Bertz CT molecular complexity index is 987. The van der Waals surface area contributed by atoms with Gasteiger partial charge in [-0.3, -0.25) is 9.78 Å². The maximum atomic E-state index is 13.2. The van der Waals surface area contributed by atoms with E-state index in [0.717, 1.165) is 5.56 Å². The number of anilines is 1. The van der Waals surface area contributed by atoms with Crippen LogP contribution in [-0.2, 0) is 11.3 Å². The Morgan fingerprint density at radius 1 is 1.30 bits per heavy atom. The first-order chi connectivity index (χ1) is 14.6. The molecule has 1 saturated heterocycles. The number of carbonyl (C=O) groups is 1. The molecule has 0 saturated carbocycles. The molecular weight excluding hydrogens is 408 g/mol. The number of nitrogens with zero attached hydrogens (tertiary/aromatic N) is 6. The highest BCUT2D eigenvalue weighted by Crippen LogP contribution is 2.29. The molecule has 0 unspecified atom stereocenters. The number of amides is 1. The van der Waals surface area contributed by atoms with Crippen LogP contribution in [0.4, 0.5) is 5.95 Å². The van der Waals surface area contributed by atoms with Crippen LogP contribution in [0.3, 0.4) is 0 Å². The number of halogens is 1. The lowest BCUT2D eigenvalue weighted by atomic mass is 9.95. The van der Waals surface area contributed by atoms with Gasteiger partial charge in [-0.2, -0.15) is 10.2 Å². The Hall–Kier alpha value is -3.12. The molecule has 0 atom stereocenters. The Labute approximate surface area is 179 Å². The van der Waals surface area contributed by atoms with Crippen LogP contribution in [0.5, 0.6) is 11.6 Å². The lowest BCUT2D eigenvalue weighted by Gasteiger charge is -2.33. The number of piperidine rings is 1. The van der Waals surface area contributed by atoms with Gasteiger partial charge in [-0.1, -0.05) is 11.6 Å². The molecule has 0 aliphatic carbocycles. The first kappa shape index (κ1) is 20.2. The van der Waals surface area contributed by atoms with Gasteiger partial charge in [0, 0.05) is 37.0 Å². The van der Waals surface area contributed by atoms with Crippen LogP contribution in [0.25, 0.3) is 0 Å². The van der Waals surface area contributed by atoms with Crippen LogP contribution in [0.2, 0.25) is 5.02 Å². The summed E-state index contributed by atoms with van der Waals surface area (Å²) >= 11 is 6.00. The molecular formula is C20H21ClN6O3. The van der Waals surface area contributed by atoms with Gasteiger partial charge < -0.3 is 19.3 Å². The smallest absolute Gasteiger partial charge is 0.237 e. The van der Waals surface area contributed by atoms with Crippen molar-refractivity contribution in [3.05, 3.63) is 34.7 Å². The number of nitriles is 1. The summed E-state index contributed by atoms with van der Waals surface area (Å²) in [5, 5.41) is 9.62. The van der Waals surface area contributed by atoms with Crippen LogP contribution in [0.15, 0.2) is 18.6 Å². The number of carbonyl (C=O) groups excluding carboxylic acids is 1. The number of hydrogen-bond acceptors (Lipinski definition) is 8. The highest BCUT2D eigenvalue weighted by molar-refractivity contribution is 6.31. The van der Waals surface area contributed by atoms with E-state index in [1.54, 1.807) is 11.1 Å². The topological polar surface area (TPSA) is 104 Å². The van der Waals surface area contributed by atoms with Crippen molar-refractivity contribution in [3.63, 3.8) is 0 Å². The molecule has 4 heterocycles. The Kier molecular flexibility index (Phi) is 5.86. The standard InChI is InChI=1S/C20H21ClN6O3/c1-29-18-16(21)11-24-20(25-18)26-4-2-13(3-5-26)19(28)27-6-7-30-17-14(8-22)9-23-10-15(17)12-27/h9-11,13H,2-7,12H2,1H3. The van der Waals surface area contributed by atoms with Crippen LogP contribution in [-0.4, -0.2) is 59.1 Å². The zero-order valence-electron chi connectivity index (χ0n) is 16.5. The van der Waals surface area contributed by atoms with Gasteiger partial charge in [0.2, 0.25) is 17.7 Å². The normalized spacial score (nSPS) is 16.8. The monoisotopic (exact) mass is 428 g/mol. The van der Waals surface area contributed by atoms with Crippen LogP contribution < -0.4 is 14.4 Å². The summed E-state index contributed by atoms with van der Waals surface area (Å²) in [7, 11) is 1.51. The van der Waals surface area contributed by atoms with E-state index >= 15 is 0 Å². The van der Waals surface area contributed by atoms with Crippen molar-refractivity contribution in [1.29, 1.82) is 5.26 Å². The third-order valence-electron chi connectivity index (χ3n) is 5.39. The van der Waals surface area contributed by atoms with E-state index in [1.165, 1.54) is 19.5 Å². The van der Waals surface area contributed by atoms with Gasteiger partial charge in [0.15, 0.2) is 0 Å². The summed E-state index contributed by atoms with van der Waals surface area (Å²) in [5.74, 6) is 1.45. The van der Waals surface area contributed by atoms with Gasteiger partial charge in [0.25, 0.3) is 0 Å². The molecule has 2 aliphatic rings. The van der Waals surface area contributed by atoms with Crippen molar-refractivity contribution in [3.8, 4) is 17.7 Å². The minimum atomic E-state index is -0.0795. The molecule has 0 radical (unpaired) electrons. The van der Waals surface area contributed by atoms with Crippen LogP contribution in [0.1, 0.15) is 24.0 Å². The number of pyridine rings is 1. The third-order valence-corrected chi connectivity index (χ3v) is 5.65. The van der Waals surface area contributed by atoms with E-state index in [4.69, 9.17) is 21.1 Å². The van der Waals surface area contributed by atoms with Crippen molar-refractivity contribution in [2.24, 2.45) is 5.92 Å². The molecule has 2 aromatic rings. The SMILES string of the molecule is COc1nc(N2CCC(C(=O)N3CCOc4c(C#N)cncc4C3)CC2)ncc1Cl. The van der Waals surface area contributed by atoms with Gasteiger partial charge in [-0.15, -0.1) is 0 Å². The van der Waals surface area contributed by atoms with Gasteiger partial charge in [0.1, 0.15) is 29.0 Å². The molecule has 156 valence electrons. The minimum Gasteiger partial charge on any atom is -0.490 e. The van der Waals surface area contributed by atoms with Crippen molar-refractivity contribution in [2.45, 2.75) is 19.4 Å². The molecule has 1 fully saturated rings. The molecule has 9 nitrogen and oxygen atoms in total. The average molecular weight is 429 g/mol. The van der Waals surface area contributed by atoms with Crippen molar-refractivity contribution < 1.29 is 14.3 Å². The Morgan fingerprint density at radius 3 is 2.83 bits per heavy atom. The summed E-state index contributed by atoms with van der Waals surface area (Å²) in [4.78, 5) is 29.7. The Balaban J connectivity index is 1.41. The summed E-state index contributed by atoms with van der Waals surface area (Å²) in [6, 6.07) is 2.10.